The van der Waals surface area contributed by atoms with Gasteiger partial charge in [0.1, 0.15) is 0 Å². The first-order chi connectivity index (χ1) is 11.9. The van der Waals surface area contributed by atoms with Crippen molar-refractivity contribution in [3.63, 3.8) is 0 Å². The van der Waals surface area contributed by atoms with Gasteiger partial charge in [-0.15, -0.1) is 0 Å². The number of benzene rings is 2. The van der Waals surface area contributed by atoms with Gasteiger partial charge in [0.2, 0.25) is 0 Å². The molecule has 1 radical (unpaired) electrons. The normalized spacial score (nSPS) is 15.5. The summed E-state index contributed by atoms with van der Waals surface area (Å²) in [6.07, 6.45) is 0. The number of nitrogens with one attached hydrogen (secondary N) is 1. The topological polar surface area (TPSA) is 104 Å². The molecule has 0 aliphatic carbocycles. The maximum atomic E-state index is 12.2. The first-order valence-corrected chi connectivity index (χ1v) is 9.81. The van der Waals surface area contributed by atoms with Crippen LogP contribution < -0.4 is 9.67 Å². The Kier molecular flexibility index (Phi) is 4.79. The standard InChI is InChI=1S/C17H10AsBrNO5/c19-9-2-3-10-11(6-9)13(16(23)20-15(10)22)7-18-8-1-4-14(21)12(5-8)17(24)25/h1-7,21H,(H,24,25)(H,20,22,23)/b13-7-. The summed E-state index contributed by atoms with van der Waals surface area (Å²) in [6.45, 7) is 0. The second kappa shape index (κ2) is 6.86. The van der Waals surface area contributed by atoms with Gasteiger partial charge < -0.3 is 0 Å². The number of halogens is 1. The molecule has 8 heteroatoms. The van der Waals surface area contributed by atoms with Gasteiger partial charge in [0.05, 0.1) is 0 Å². The SMILES string of the molecule is O=C1NC(=O)c2ccc(Br)cc2/C1=C/[As]c1ccc(O)c(C(=O)O)c1. The van der Waals surface area contributed by atoms with Crippen LogP contribution in [0.1, 0.15) is 26.3 Å². The van der Waals surface area contributed by atoms with Crippen molar-refractivity contribution in [2.24, 2.45) is 0 Å². The molecule has 6 nitrogen and oxygen atoms in total. The molecule has 0 saturated heterocycles. The van der Waals surface area contributed by atoms with Gasteiger partial charge in [0.25, 0.3) is 0 Å². The van der Waals surface area contributed by atoms with Crippen LogP contribution in [0.15, 0.2) is 45.7 Å². The Morgan fingerprint density at radius 3 is 2.56 bits per heavy atom. The summed E-state index contributed by atoms with van der Waals surface area (Å²) in [7, 11) is 0. The molecule has 0 fully saturated rings. The molecule has 1 heterocycles. The first-order valence-electron chi connectivity index (χ1n) is 7.00. The molecule has 1 aliphatic heterocycles. The van der Waals surface area contributed by atoms with Crippen LogP contribution >= 0.6 is 15.9 Å². The number of fused-ring (bicyclic) bond motifs is 1. The van der Waals surface area contributed by atoms with Gasteiger partial charge in [-0.25, -0.2) is 0 Å². The quantitative estimate of drug-likeness (QED) is 0.364. The van der Waals surface area contributed by atoms with E-state index in [0.717, 1.165) is 4.47 Å². The van der Waals surface area contributed by atoms with E-state index in [1.54, 1.807) is 29.1 Å². The number of hydrogen-bond acceptors (Lipinski definition) is 4. The summed E-state index contributed by atoms with van der Waals surface area (Å²) < 4.78 is 1.45. The Morgan fingerprint density at radius 1 is 1.08 bits per heavy atom. The van der Waals surface area contributed by atoms with Crippen LogP contribution in [0.3, 0.4) is 0 Å². The van der Waals surface area contributed by atoms with E-state index in [2.05, 4.69) is 21.2 Å². The van der Waals surface area contributed by atoms with Gasteiger partial charge in [0.15, 0.2) is 0 Å². The Hall–Kier alpha value is -2.37. The summed E-state index contributed by atoms with van der Waals surface area (Å²) in [5, 5.41) is 20.9. The summed E-state index contributed by atoms with van der Waals surface area (Å²) >= 11 is 2.64. The molecule has 0 saturated carbocycles. The zero-order chi connectivity index (χ0) is 18.1. The molecule has 2 amide bonds. The van der Waals surface area contributed by atoms with Crippen molar-refractivity contribution in [2.45, 2.75) is 0 Å². The Balaban J connectivity index is 1.99. The van der Waals surface area contributed by atoms with E-state index in [9.17, 15) is 19.5 Å². The number of carboxylic acids is 1. The van der Waals surface area contributed by atoms with Gasteiger partial charge >= 0.3 is 157 Å². The maximum absolute atomic E-state index is 12.2. The van der Waals surface area contributed by atoms with Crippen LogP contribution in [0.4, 0.5) is 0 Å². The molecule has 0 unspecified atom stereocenters. The molecule has 2 aromatic carbocycles. The Morgan fingerprint density at radius 2 is 1.84 bits per heavy atom. The molecular weight excluding hydrogens is 453 g/mol. The van der Waals surface area contributed by atoms with Crippen molar-refractivity contribution >= 4 is 59.4 Å². The number of amides is 2. The summed E-state index contributed by atoms with van der Waals surface area (Å²) in [4.78, 5) is 36.9. The van der Waals surface area contributed by atoms with Crippen molar-refractivity contribution in [1.82, 2.24) is 5.32 Å². The first kappa shape index (κ1) is 17.5. The molecule has 0 bridgehead atoms. The van der Waals surface area contributed by atoms with E-state index < -0.39 is 33.5 Å². The van der Waals surface area contributed by atoms with Gasteiger partial charge in [-0.2, -0.15) is 0 Å². The fourth-order valence-electron chi connectivity index (χ4n) is 2.34. The van der Waals surface area contributed by atoms with Crippen LogP contribution in [-0.2, 0) is 4.79 Å². The van der Waals surface area contributed by atoms with E-state index >= 15 is 0 Å². The minimum absolute atomic E-state index is 0.183. The molecule has 3 N–H and O–H groups in total. The number of carboxylic acid groups (broad SMARTS) is 1. The van der Waals surface area contributed by atoms with Crippen molar-refractivity contribution in [2.75, 3.05) is 0 Å². The molecule has 0 spiro atoms. The van der Waals surface area contributed by atoms with Crippen LogP contribution in [0.25, 0.3) is 5.57 Å². The van der Waals surface area contributed by atoms with E-state index in [-0.39, 0.29) is 11.3 Å². The van der Waals surface area contributed by atoms with E-state index in [4.69, 9.17) is 5.11 Å². The summed E-state index contributed by atoms with van der Waals surface area (Å²) in [6, 6.07) is 9.39. The zero-order valence-corrected chi connectivity index (χ0v) is 15.9. The van der Waals surface area contributed by atoms with Crippen LogP contribution in [0.2, 0.25) is 0 Å². The van der Waals surface area contributed by atoms with Crippen LogP contribution in [0.5, 0.6) is 5.75 Å². The van der Waals surface area contributed by atoms with Gasteiger partial charge in [-0.3, -0.25) is 0 Å². The number of phenols is 1. The van der Waals surface area contributed by atoms with Gasteiger partial charge in [-0.1, -0.05) is 0 Å². The van der Waals surface area contributed by atoms with Crippen molar-refractivity contribution < 1.29 is 24.6 Å². The summed E-state index contributed by atoms with van der Waals surface area (Å²) in [5.41, 5.74) is 1.14. The predicted molar refractivity (Wildman–Crippen MR) is 95.0 cm³/mol. The molecule has 0 aromatic heterocycles. The Labute approximate surface area is 157 Å². The number of imide groups is 1. The van der Waals surface area contributed by atoms with Crippen LogP contribution in [-0.4, -0.2) is 43.7 Å². The number of aromatic hydroxyl groups is 1. The minimum atomic E-state index is -1.22. The predicted octanol–water partition coefficient (Wildman–Crippen LogP) is 1.49. The van der Waals surface area contributed by atoms with E-state index in [0.29, 0.717) is 21.1 Å². The van der Waals surface area contributed by atoms with Crippen molar-refractivity contribution in [3.05, 3.63) is 62.4 Å². The van der Waals surface area contributed by atoms with Gasteiger partial charge in [-0.05, 0) is 0 Å². The average Bonchev–Trinajstić information content (AvgIpc) is 2.55. The number of rotatable bonds is 3. The van der Waals surface area contributed by atoms with Crippen molar-refractivity contribution in [3.8, 4) is 5.75 Å². The van der Waals surface area contributed by atoms with Gasteiger partial charge in [0, 0.05) is 0 Å². The molecular formula is C17H10AsBrNO5. The third-order valence-corrected chi connectivity index (χ3v) is 6.06. The molecule has 3 rings (SSSR count). The monoisotopic (exact) mass is 462 g/mol. The second-order valence-corrected chi connectivity index (χ2v) is 8.23. The second-order valence-electron chi connectivity index (χ2n) is 5.15. The van der Waals surface area contributed by atoms with Crippen LogP contribution in [0, 0.1) is 0 Å². The fourth-order valence-corrected chi connectivity index (χ4v) is 4.59. The third-order valence-electron chi connectivity index (χ3n) is 3.54. The van der Waals surface area contributed by atoms with Crippen molar-refractivity contribution in [1.29, 1.82) is 0 Å². The zero-order valence-electron chi connectivity index (χ0n) is 12.5. The number of carbonyl (C=O) groups is 3. The molecule has 25 heavy (non-hydrogen) atoms. The number of hydrogen-bond donors (Lipinski definition) is 3. The fraction of sp³-hybridized carbons (Fsp3) is 0. The Bertz CT molecular complexity index is 954. The third kappa shape index (κ3) is 3.52. The van der Waals surface area contributed by atoms with E-state index in [1.165, 1.54) is 12.1 Å². The molecule has 0 atom stereocenters. The van der Waals surface area contributed by atoms with E-state index in [1.807, 2.05) is 0 Å². The summed E-state index contributed by atoms with van der Waals surface area (Å²) in [5.74, 6) is -2.45. The number of aromatic carboxylic acids is 1. The average molecular weight is 463 g/mol. The molecule has 125 valence electrons. The molecule has 2 aromatic rings. The number of carbonyl (C=O) groups excluding carboxylic acids is 2. The molecule has 1 aliphatic rings.